The number of halogens is 1. The van der Waals surface area contributed by atoms with Crippen molar-refractivity contribution in [3.63, 3.8) is 0 Å². The zero-order valence-corrected chi connectivity index (χ0v) is 17.9. The highest BCUT2D eigenvalue weighted by molar-refractivity contribution is 6.31. The molecular weight excluding hydrogens is 386 g/mol. The summed E-state index contributed by atoms with van der Waals surface area (Å²) in [7, 11) is 0. The molecule has 0 spiro atoms. The fourth-order valence-corrected chi connectivity index (χ4v) is 4.19. The largest absolute Gasteiger partial charge is 0.379 e. The highest BCUT2D eigenvalue weighted by atomic mass is 35.5. The third-order valence-corrected chi connectivity index (χ3v) is 5.73. The van der Waals surface area contributed by atoms with Crippen molar-refractivity contribution < 1.29 is 9.53 Å². The molecule has 2 aromatic carbocycles. The average molecular weight is 416 g/mol. The fourth-order valence-electron chi connectivity index (χ4n) is 3.89. The summed E-state index contributed by atoms with van der Waals surface area (Å²) < 4.78 is 5.51. The minimum absolute atomic E-state index is 0.00563. The molecule has 0 radical (unpaired) electrons. The maximum atomic E-state index is 12.6. The van der Waals surface area contributed by atoms with Crippen LogP contribution in [-0.4, -0.2) is 49.7 Å². The predicted octanol–water partition coefficient (Wildman–Crippen LogP) is 3.57. The van der Waals surface area contributed by atoms with Gasteiger partial charge in [-0.25, -0.2) is 0 Å². The van der Waals surface area contributed by atoms with Crippen LogP contribution >= 0.6 is 11.6 Å². The van der Waals surface area contributed by atoms with Crippen molar-refractivity contribution in [1.82, 2.24) is 15.5 Å². The van der Waals surface area contributed by atoms with Gasteiger partial charge in [0.2, 0.25) is 5.91 Å². The van der Waals surface area contributed by atoms with E-state index in [1.807, 2.05) is 49.4 Å². The molecular formula is C23H30ClN3O2. The molecule has 2 aromatic rings. The zero-order valence-electron chi connectivity index (χ0n) is 17.1. The summed E-state index contributed by atoms with van der Waals surface area (Å²) in [6.07, 6.45) is 0. The number of nitrogens with one attached hydrogen (secondary N) is 2. The summed E-state index contributed by atoms with van der Waals surface area (Å²) in [5.74, 6) is -0.0226. The van der Waals surface area contributed by atoms with Gasteiger partial charge in [-0.2, -0.15) is 0 Å². The van der Waals surface area contributed by atoms with Crippen LogP contribution in [0, 0.1) is 0 Å². The zero-order chi connectivity index (χ0) is 20.6. The maximum absolute atomic E-state index is 12.6. The molecule has 1 aliphatic rings. The van der Waals surface area contributed by atoms with Crippen LogP contribution in [0.4, 0.5) is 0 Å². The van der Waals surface area contributed by atoms with Gasteiger partial charge in [-0.05, 0) is 31.0 Å². The lowest BCUT2D eigenvalue weighted by Gasteiger charge is -2.38. The first-order chi connectivity index (χ1) is 14.1. The Morgan fingerprint density at radius 1 is 1.07 bits per heavy atom. The van der Waals surface area contributed by atoms with Gasteiger partial charge in [0.25, 0.3) is 0 Å². The second kappa shape index (κ2) is 10.7. The van der Waals surface area contributed by atoms with Gasteiger partial charge in [0, 0.05) is 30.2 Å². The van der Waals surface area contributed by atoms with E-state index in [9.17, 15) is 4.79 Å². The van der Waals surface area contributed by atoms with Gasteiger partial charge in [-0.3, -0.25) is 9.69 Å². The first-order valence-corrected chi connectivity index (χ1v) is 10.6. The number of benzene rings is 2. The van der Waals surface area contributed by atoms with Crippen molar-refractivity contribution in [3.05, 3.63) is 70.7 Å². The number of hydrogen-bond donors (Lipinski definition) is 2. The quantitative estimate of drug-likeness (QED) is 0.692. The van der Waals surface area contributed by atoms with Crippen LogP contribution in [0.15, 0.2) is 54.6 Å². The summed E-state index contributed by atoms with van der Waals surface area (Å²) in [4.78, 5) is 15.0. The first-order valence-electron chi connectivity index (χ1n) is 10.2. The van der Waals surface area contributed by atoms with Crippen molar-refractivity contribution in [2.75, 3.05) is 32.8 Å². The van der Waals surface area contributed by atoms with Gasteiger partial charge >= 0.3 is 0 Å². The average Bonchev–Trinajstić information content (AvgIpc) is 2.74. The number of nitrogens with zero attached hydrogens (tertiary/aromatic N) is 1. The predicted molar refractivity (Wildman–Crippen MR) is 117 cm³/mol. The third-order valence-electron chi connectivity index (χ3n) is 5.38. The monoisotopic (exact) mass is 415 g/mol. The molecule has 0 saturated carbocycles. The Labute approximate surface area is 178 Å². The van der Waals surface area contributed by atoms with Crippen LogP contribution in [0.2, 0.25) is 5.02 Å². The van der Waals surface area contributed by atoms with Crippen LogP contribution < -0.4 is 10.6 Å². The van der Waals surface area contributed by atoms with E-state index in [4.69, 9.17) is 16.3 Å². The van der Waals surface area contributed by atoms with E-state index < -0.39 is 0 Å². The lowest BCUT2D eigenvalue weighted by molar-refractivity contribution is -0.121. The molecule has 6 heteroatoms. The standard InChI is InChI=1S/C23H30ClN3O2/c1-17(20-10-6-7-11-21(20)24)25-16-22(28)26-18(2)23(19-8-4-3-5-9-19)27-12-14-29-15-13-27/h3-11,17-18,23,25H,12-16H2,1-2H3,(H,26,28)/t17-,18+,23-/m0/s1. The van der Waals surface area contributed by atoms with E-state index in [1.54, 1.807) is 0 Å². The van der Waals surface area contributed by atoms with E-state index in [0.717, 1.165) is 31.9 Å². The van der Waals surface area contributed by atoms with E-state index >= 15 is 0 Å². The van der Waals surface area contributed by atoms with Crippen molar-refractivity contribution in [2.24, 2.45) is 0 Å². The number of carbonyl (C=O) groups is 1. The number of rotatable bonds is 8. The van der Waals surface area contributed by atoms with Crippen LogP contribution in [0.5, 0.6) is 0 Å². The first kappa shape index (κ1) is 21.8. The highest BCUT2D eigenvalue weighted by Gasteiger charge is 2.28. The van der Waals surface area contributed by atoms with Gasteiger partial charge in [0.15, 0.2) is 0 Å². The second-order valence-corrected chi connectivity index (χ2v) is 7.89. The Kier molecular flexibility index (Phi) is 8.07. The molecule has 1 saturated heterocycles. The Hall–Kier alpha value is -1.92. The molecule has 1 heterocycles. The van der Waals surface area contributed by atoms with Gasteiger partial charge in [-0.1, -0.05) is 60.1 Å². The summed E-state index contributed by atoms with van der Waals surface area (Å²) in [5.41, 5.74) is 2.20. The van der Waals surface area contributed by atoms with Crippen LogP contribution in [0.3, 0.4) is 0 Å². The Morgan fingerprint density at radius 2 is 1.72 bits per heavy atom. The molecule has 2 N–H and O–H groups in total. The minimum Gasteiger partial charge on any atom is -0.379 e. The Bertz CT molecular complexity index is 781. The molecule has 1 amide bonds. The number of carbonyl (C=O) groups excluding carboxylic acids is 1. The molecule has 1 fully saturated rings. The summed E-state index contributed by atoms with van der Waals surface area (Å²) >= 11 is 6.26. The number of hydrogen-bond acceptors (Lipinski definition) is 4. The van der Waals surface area contributed by atoms with E-state index in [-0.39, 0.29) is 30.6 Å². The molecule has 5 nitrogen and oxygen atoms in total. The van der Waals surface area contributed by atoms with E-state index in [2.05, 4.69) is 34.6 Å². The fraction of sp³-hybridized carbons (Fsp3) is 0.435. The normalized spacial score (nSPS) is 18.0. The topological polar surface area (TPSA) is 53.6 Å². The van der Waals surface area contributed by atoms with Crippen molar-refractivity contribution in [1.29, 1.82) is 0 Å². The maximum Gasteiger partial charge on any atom is 0.234 e. The SMILES string of the molecule is C[C@H](NCC(=O)N[C@H](C)[C@@H](c1ccccc1)N1CCOCC1)c1ccccc1Cl. The summed E-state index contributed by atoms with van der Waals surface area (Å²) in [6, 6.07) is 18.1. The number of amides is 1. The van der Waals surface area contributed by atoms with Crippen LogP contribution in [0.25, 0.3) is 0 Å². The molecule has 0 aromatic heterocycles. The molecule has 1 aliphatic heterocycles. The van der Waals surface area contributed by atoms with Gasteiger partial charge in [-0.15, -0.1) is 0 Å². The lowest BCUT2D eigenvalue weighted by atomic mass is 9.98. The highest BCUT2D eigenvalue weighted by Crippen LogP contribution is 2.25. The minimum atomic E-state index is -0.0274. The molecule has 0 unspecified atom stereocenters. The van der Waals surface area contributed by atoms with Gasteiger partial charge < -0.3 is 15.4 Å². The Morgan fingerprint density at radius 3 is 2.41 bits per heavy atom. The van der Waals surface area contributed by atoms with Gasteiger partial charge in [0.1, 0.15) is 0 Å². The molecule has 0 aliphatic carbocycles. The molecule has 3 rings (SSSR count). The van der Waals surface area contributed by atoms with Crippen LogP contribution in [-0.2, 0) is 9.53 Å². The summed E-state index contributed by atoms with van der Waals surface area (Å²) in [5, 5.41) is 7.16. The third kappa shape index (κ3) is 6.03. The van der Waals surface area contributed by atoms with Crippen molar-refractivity contribution >= 4 is 17.5 Å². The molecule has 0 bridgehead atoms. The molecule has 29 heavy (non-hydrogen) atoms. The molecule has 156 valence electrons. The Balaban J connectivity index is 1.60. The lowest BCUT2D eigenvalue weighted by Crippen LogP contribution is -2.49. The van der Waals surface area contributed by atoms with Crippen LogP contribution in [0.1, 0.15) is 37.1 Å². The van der Waals surface area contributed by atoms with E-state index in [1.165, 1.54) is 5.56 Å². The summed E-state index contributed by atoms with van der Waals surface area (Å²) in [6.45, 7) is 7.49. The van der Waals surface area contributed by atoms with Gasteiger partial charge in [0.05, 0.1) is 25.8 Å². The van der Waals surface area contributed by atoms with Crippen molar-refractivity contribution in [3.8, 4) is 0 Å². The smallest absolute Gasteiger partial charge is 0.234 e. The van der Waals surface area contributed by atoms with Crippen molar-refractivity contribution in [2.45, 2.75) is 32.0 Å². The number of ether oxygens (including phenoxy) is 1. The van der Waals surface area contributed by atoms with E-state index in [0.29, 0.717) is 5.02 Å². The molecule has 3 atom stereocenters. The second-order valence-electron chi connectivity index (χ2n) is 7.48. The number of morpholine rings is 1.